The Hall–Kier alpha value is -13.3. The molecule has 12 aromatic carbocycles. The predicted molar refractivity (Wildman–Crippen MR) is 453 cm³/mol. The summed E-state index contributed by atoms with van der Waals surface area (Å²) in [6, 6.07) is 84.5. The van der Waals surface area contributed by atoms with Crippen LogP contribution in [0, 0.1) is 22.3 Å². The molecule has 0 fully saturated rings. The molecule has 0 unspecified atom stereocenters. The molecule has 0 saturated heterocycles. The fourth-order valence-corrected chi connectivity index (χ4v) is 16.9. The predicted octanol–water partition coefficient (Wildman–Crippen LogP) is 19.4. The molecule has 4 aromatic heterocycles. The van der Waals surface area contributed by atoms with Gasteiger partial charge in [0, 0.05) is 81.4 Å². The van der Waals surface area contributed by atoms with Gasteiger partial charge in [0.15, 0.2) is 72.4 Å². The molecule has 15 heteroatoms. The van der Waals surface area contributed by atoms with Crippen LogP contribution in [0.2, 0.25) is 0 Å². The summed E-state index contributed by atoms with van der Waals surface area (Å²) in [4.78, 5) is 0. The number of aliphatic hydroxyl groups is 3. The SMILES string of the molecule is COc1c(CO)ccc2cc3[n+](cc12)CCc1c-3cc(-c2ccc(-c3ccccc3)cc2)c2c1OCO2.COc1c(CO)ccc2cc3[n+](cc12)CCc1c2c(cc(Cc4ccc(-c5ccccc5)cc4)c1-3)OCO2.COc1c(CO)ccc2cc3c4cc(-c5ccc(-c6ccccc6)cc5)c5c(c4cc[n+]3cc12)OCO5.[CH3-].[CH3-].[CH3-]. The summed E-state index contributed by atoms with van der Waals surface area (Å²) in [5.74, 6) is 7.11. The molecule has 3 N–H and O–H groups in total. The smallest absolute Gasteiger partial charge is 0.231 e. The van der Waals surface area contributed by atoms with Crippen molar-refractivity contribution >= 4 is 48.6 Å². The quantitative estimate of drug-likeness (QED) is 0.0435. The Morgan fingerprint density at radius 1 is 0.339 bits per heavy atom. The van der Waals surface area contributed by atoms with Crippen molar-refractivity contribution < 1.29 is 71.5 Å². The number of hydrogen-bond acceptors (Lipinski definition) is 12. The maximum absolute atomic E-state index is 9.81. The molecule has 0 atom stereocenters. The summed E-state index contributed by atoms with van der Waals surface area (Å²) in [6.07, 6.45) is 10.9. The third-order valence-electron chi connectivity index (χ3n) is 22.4. The normalized spacial score (nSPS) is 12.7. The molecule has 0 radical (unpaired) electrons. The highest BCUT2D eigenvalue weighted by Gasteiger charge is 2.37. The number of aromatic nitrogens is 3. The van der Waals surface area contributed by atoms with Crippen LogP contribution in [0.1, 0.15) is 38.9 Å². The fraction of sp³-hybridized carbons (Fsp3) is 0.140. The molecule has 0 aliphatic carbocycles. The molecule has 15 nitrogen and oxygen atoms in total. The topological polar surface area (TPSA) is 156 Å². The van der Waals surface area contributed by atoms with Crippen LogP contribution in [-0.4, -0.2) is 57.0 Å². The van der Waals surface area contributed by atoms with E-state index in [0.29, 0.717) is 5.75 Å². The van der Waals surface area contributed by atoms with Gasteiger partial charge in [0.05, 0.1) is 73.8 Å². The minimum absolute atomic E-state index is 0. The zero-order chi connectivity index (χ0) is 75.5. The Balaban J connectivity index is 0.000000128. The maximum atomic E-state index is 9.81. The number of nitrogens with zero attached hydrogens (tertiary/aromatic N) is 3. The van der Waals surface area contributed by atoms with Gasteiger partial charge in [-0.05, 0) is 96.4 Å². The van der Waals surface area contributed by atoms with E-state index in [-0.39, 0.29) is 62.5 Å². The number of rotatable bonds is 13. The van der Waals surface area contributed by atoms with Gasteiger partial charge in [0.2, 0.25) is 37.3 Å². The Kier molecular flexibility index (Phi) is 21.1. The lowest BCUT2D eigenvalue weighted by Gasteiger charge is -2.21. The molecular weight excluding hydrogens is 1440 g/mol. The van der Waals surface area contributed by atoms with E-state index in [0.717, 1.165) is 183 Å². The number of aliphatic hydroxyl groups excluding tert-OH is 3. The molecule has 0 spiro atoms. The Morgan fingerprint density at radius 2 is 0.765 bits per heavy atom. The second kappa shape index (κ2) is 32.1. The van der Waals surface area contributed by atoms with Crippen molar-refractivity contribution in [2.45, 2.75) is 52.2 Å². The van der Waals surface area contributed by atoms with E-state index < -0.39 is 0 Å². The van der Waals surface area contributed by atoms with Gasteiger partial charge < -0.3 is 80.2 Å². The summed E-state index contributed by atoms with van der Waals surface area (Å²) >= 11 is 0. The van der Waals surface area contributed by atoms with Crippen molar-refractivity contribution in [1.29, 1.82) is 0 Å². The maximum Gasteiger partial charge on any atom is 0.231 e. The van der Waals surface area contributed by atoms with Gasteiger partial charge in [0.25, 0.3) is 0 Å². The van der Waals surface area contributed by atoms with Gasteiger partial charge in [-0.3, -0.25) is 0 Å². The highest BCUT2D eigenvalue weighted by atomic mass is 16.7. The first-order chi connectivity index (χ1) is 55.2. The number of ether oxygens (including phenoxy) is 9. The average Bonchev–Trinajstić information content (AvgIpc) is 1.69. The number of methoxy groups -OCH3 is 3. The van der Waals surface area contributed by atoms with E-state index in [4.69, 9.17) is 42.6 Å². The molecule has 0 amide bonds. The molecule has 0 saturated carbocycles. The van der Waals surface area contributed by atoms with Gasteiger partial charge in [-0.25, -0.2) is 0 Å². The lowest BCUT2D eigenvalue weighted by atomic mass is 9.87. The lowest BCUT2D eigenvalue weighted by molar-refractivity contribution is -0.686. The number of benzene rings is 12. The standard InChI is InChI=1S/C33H28NO4.C32H26NO4.C32H24NO4.3CH3/c1-36-32-25(19-35)12-11-24-16-29-31-26(15-21-7-9-23(10-8-21)22-5-3-2-4-6-22)17-30-33(38-20-37-30)27(31)13-14-34(29)18-28(24)32;2*1-35-30-24(18-34)12-11-23-15-29-27-16-26(22-9-7-21(8-10-22)20-5-3-2-4-6-20)32-31(36-19-37-32)25(27)13-14-33(29)17-28(23)30;;;/h2-12,16-18,35H,13-15,19-20H2,1H3;2-12,15-17,34H,13-14,18-19H2,1H3;2-17,34H,18-19H2,1H3;3*1H3/q3*+1;3*-1. The van der Waals surface area contributed by atoms with E-state index >= 15 is 0 Å². The summed E-state index contributed by atoms with van der Waals surface area (Å²) in [7, 11) is 4.96. The van der Waals surface area contributed by atoms with Crippen molar-refractivity contribution in [2.24, 2.45) is 0 Å². The van der Waals surface area contributed by atoms with Crippen LogP contribution in [0.5, 0.6) is 51.7 Å². The zero-order valence-electron chi connectivity index (χ0n) is 65.0. The van der Waals surface area contributed by atoms with E-state index in [1.165, 1.54) is 61.2 Å². The van der Waals surface area contributed by atoms with Gasteiger partial charge in [-0.2, -0.15) is 13.5 Å². The first-order valence-corrected chi connectivity index (χ1v) is 37.7. The van der Waals surface area contributed by atoms with E-state index in [1.807, 2.05) is 48.7 Å². The van der Waals surface area contributed by atoms with Gasteiger partial charge >= 0.3 is 0 Å². The Labute approximate surface area is 668 Å². The van der Waals surface area contributed by atoms with Crippen LogP contribution >= 0.6 is 0 Å². The van der Waals surface area contributed by atoms with Gasteiger partial charge in [-0.15, -0.1) is 0 Å². The summed E-state index contributed by atoms with van der Waals surface area (Å²) < 4.78 is 59.6. The second-order valence-corrected chi connectivity index (χ2v) is 28.6. The number of hydrogen-bond donors (Lipinski definition) is 3. The summed E-state index contributed by atoms with van der Waals surface area (Å²) in [5.41, 5.74) is 24.3. The first-order valence-electron chi connectivity index (χ1n) is 37.7. The molecule has 574 valence electrons. The molecule has 5 aliphatic heterocycles. The van der Waals surface area contributed by atoms with Crippen LogP contribution in [0.25, 0.3) is 127 Å². The first kappa shape index (κ1) is 75.7. The van der Waals surface area contributed by atoms with Crippen molar-refractivity contribution in [3.05, 3.63) is 329 Å². The van der Waals surface area contributed by atoms with Crippen LogP contribution < -0.4 is 56.2 Å². The van der Waals surface area contributed by atoms with E-state index in [2.05, 4.69) is 232 Å². The minimum Gasteiger partial charge on any atom is -0.495 e. The molecule has 9 heterocycles. The van der Waals surface area contributed by atoms with Crippen molar-refractivity contribution in [1.82, 2.24) is 0 Å². The summed E-state index contributed by atoms with van der Waals surface area (Å²) in [5, 5.41) is 37.6. The van der Waals surface area contributed by atoms with Crippen LogP contribution in [0.4, 0.5) is 0 Å². The largest absolute Gasteiger partial charge is 0.495 e. The van der Waals surface area contributed by atoms with Crippen LogP contribution in [0.15, 0.2) is 267 Å². The number of fused-ring (bicyclic) bond motifs is 18. The van der Waals surface area contributed by atoms with Crippen molar-refractivity contribution in [3.63, 3.8) is 0 Å². The van der Waals surface area contributed by atoms with Crippen molar-refractivity contribution in [3.8, 4) is 130 Å². The highest BCUT2D eigenvalue weighted by molar-refractivity contribution is 6.06. The Morgan fingerprint density at radius 3 is 1.30 bits per heavy atom. The van der Waals surface area contributed by atoms with Gasteiger partial charge in [0.1, 0.15) is 17.2 Å². The molecule has 5 aliphatic rings. The van der Waals surface area contributed by atoms with Crippen molar-refractivity contribution in [2.75, 3.05) is 41.7 Å². The molecule has 16 aromatic rings. The third-order valence-corrected chi connectivity index (χ3v) is 22.4. The lowest BCUT2D eigenvalue weighted by Crippen LogP contribution is -2.40. The average molecular weight is 1520 g/mol. The van der Waals surface area contributed by atoms with Crippen LogP contribution in [-0.2, 0) is 52.2 Å². The number of aryl methyl sites for hydroxylation is 2. The second-order valence-electron chi connectivity index (χ2n) is 28.6. The molecule has 21 rings (SSSR count). The van der Waals surface area contributed by atoms with E-state index in [9.17, 15) is 15.3 Å². The number of pyridine rings is 4. The zero-order valence-corrected chi connectivity index (χ0v) is 65.0. The fourth-order valence-electron chi connectivity index (χ4n) is 16.9. The molecular formula is C100H87N3O12. The Bertz CT molecular complexity index is 6380. The van der Waals surface area contributed by atoms with Crippen LogP contribution in [0.3, 0.4) is 0 Å². The summed E-state index contributed by atoms with van der Waals surface area (Å²) in [6.45, 7) is 2.17. The van der Waals surface area contributed by atoms with Gasteiger partial charge in [-0.1, -0.05) is 200 Å². The van der Waals surface area contributed by atoms with E-state index in [1.54, 1.807) is 21.3 Å². The highest BCUT2D eigenvalue weighted by Crippen LogP contribution is 2.52. The minimum atomic E-state index is -0.0740. The molecule has 115 heavy (non-hydrogen) atoms. The monoisotopic (exact) mass is 1520 g/mol. The molecule has 0 bridgehead atoms. The third kappa shape index (κ3) is 13.6.